The van der Waals surface area contributed by atoms with E-state index in [1.165, 1.54) is 11.1 Å². The summed E-state index contributed by atoms with van der Waals surface area (Å²) in [5.74, 6) is 0.0517. The molecule has 1 aromatic rings. The van der Waals surface area contributed by atoms with Crippen LogP contribution < -0.4 is 5.32 Å². The summed E-state index contributed by atoms with van der Waals surface area (Å²) in [5, 5.41) is 13.2. The number of nitrogens with one attached hydrogen (secondary N) is 1. The van der Waals surface area contributed by atoms with Crippen LogP contribution in [0.1, 0.15) is 24.5 Å². The molecule has 7 nitrogen and oxygen atoms in total. The monoisotopic (exact) mass is 408 g/mol. The maximum absolute atomic E-state index is 12.4. The van der Waals surface area contributed by atoms with Crippen molar-refractivity contribution >= 4 is 25.4 Å². The van der Waals surface area contributed by atoms with Gasteiger partial charge in [-0.15, -0.1) is 0 Å². The minimum Gasteiger partial charge on any atom is -0.390 e. The molecule has 1 atom stereocenters. The molecule has 1 fully saturated rings. The van der Waals surface area contributed by atoms with Crippen molar-refractivity contribution in [3.8, 4) is 0 Å². The highest BCUT2D eigenvalue weighted by atomic mass is 32.1. The lowest BCUT2D eigenvalue weighted by Gasteiger charge is -2.30. The number of aliphatic hydroxyl groups excluding tert-OH is 1. The summed E-state index contributed by atoms with van der Waals surface area (Å²) in [6, 6.07) is 8.25. The maximum atomic E-state index is 12.4. The van der Waals surface area contributed by atoms with E-state index in [4.69, 9.17) is 0 Å². The fraction of sp³-hybridized carbons (Fsp3) is 0.600. The Morgan fingerprint density at radius 3 is 2.50 bits per heavy atom. The number of hydrogen-bond acceptors (Lipinski definition) is 4. The summed E-state index contributed by atoms with van der Waals surface area (Å²) in [6.07, 6.45) is 1.18. The zero-order valence-electron chi connectivity index (χ0n) is 16.6. The third-order valence-electron chi connectivity index (χ3n) is 5.40. The van der Waals surface area contributed by atoms with Crippen molar-refractivity contribution in [3.63, 3.8) is 0 Å². The molecule has 2 aliphatic rings. The first-order valence-corrected chi connectivity index (χ1v) is 9.78. The molecule has 0 unspecified atom stereocenters. The lowest BCUT2D eigenvalue weighted by Crippen LogP contribution is -2.47. The number of amides is 3. The summed E-state index contributed by atoms with van der Waals surface area (Å²) in [6.45, 7) is 6.54. The number of carbonyl (C=O) groups excluding carboxylic acids is 2. The van der Waals surface area contributed by atoms with Crippen LogP contribution >= 0.6 is 13.5 Å². The van der Waals surface area contributed by atoms with Gasteiger partial charge in [0.2, 0.25) is 5.91 Å². The van der Waals surface area contributed by atoms with Gasteiger partial charge in [0, 0.05) is 59.3 Å². The first-order valence-electron chi connectivity index (χ1n) is 9.78. The molecule has 2 aliphatic heterocycles. The smallest absolute Gasteiger partial charge is 0.317 e. The van der Waals surface area contributed by atoms with E-state index >= 15 is 0 Å². The van der Waals surface area contributed by atoms with Gasteiger partial charge in [0.05, 0.1) is 6.10 Å². The van der Waals surface area contributed by atoms with Crippen molar-refractivity contribution in [2.24, 2.45) is 0 Å². The van der Waals surface area contributed by atoms with Crippen LogP contribution in [0.15, 0.2) is 24.3 Å². The molecule has 0 aromatic heterocycles. The van der Waals surface area contributed by atoms with Gasteiger partial charge < -0.3 is 20.2 Å². The van der Waals surface area contributed by atoms with Crippen LogP contribution in [-0.4, -0.2) is 83.7 Å². The molecule has 8 heteroatoms. The first-order chi connectivity index (χ1) is 13.0. The van der Waals surface area contributed by atoms with E-state index in [0.29, 0.717) is 32.7 Å². The topological polar surface area (TPSA) is 76.1 Å². The average Bonchev–Trinajstić information content (AvgIpc) is 2.92. The van der Waals surface area contributed by atoms with Gasteiger partial charge in [0.1, 0.15) is 0 Å². The number of benzene rings is 1. The standard InChI is InChI=1S/C20H30N4O3.H2S/c1-16(25)23-8-4-9-24(12-11-23)20(27)21-13-19(26)15-22-10-7-17-5-2-3-6-18(17)14-22;/h2-3,5-6,19,26H,4,7-15H2,1H3,(H,21,27);1H2/t19-;/m0./s1. The average molecular weight is 409 g/mol. The van der Waals surface area contributed by atoms with E-state index in [2.05, 4.69) is 28.4 Å². The number of β-amino-alcohol motifs (C(OH)–C–C–N with tert-alkyl or cyclic N) is 1. The predicted octanol–water partition coefficient (Wildman–Crippen LogP) is 0.782. The van der Waals surface area contributed by atoms with Gasteiger partial charge in [-0.3, -0.25) is 9.69 Å². The third-order valence-corrected chi connectivity index (χ3v) is 5.40. The van der Waals surface area contributed by atoms with Crippen LogP contribution in [0, 0.1) is 0 Å². The van der Waals surface area contributed by atoms with E-state index in [1.54, 1.807) is 16.7 Å². The molecular weight excluding hydrogens is 376 g/mol. The molecule has 0 aliphatic carbocycles. The van der Waals surface area contributed by atoms with Crippen LogP contribution in [0.25, 0.3) is 0 Å². The summed E-state index contributed by atoms with van der Waals surface area (Å²) in [4.78, 5) is 29.6. The molecule has 3 amide bonds. The number of urea groups is 1. The van der Waals surface area contributed by atoms with E-state index in [9.17, 15) is 14.7 Å². The highest BCUT2D eigenvalue weighted by Gasteiger charge is 2.22. The van der Waals surface area contributed by atoms with Crippen molar-refractivity contribution in [2.45, 2.75) is 32.4 Å². The largest absolute Gasteiger partial charge is 0.390 e. The number of aliphatic hydroxyl groups is 1. The van der Waals surface area contributed by atoms with Crippen LogP contribution in [-0.2, 0) is 17.8 Å². The molecule has 0 radical (unpaired) electrons. The van der Waals surface area contributed by atoms with Crippen LogP contribution in [0.4, 0.5) is 4.79 Å². The second kappa shape index (κ2) is 10.7. The summed E-state index contributed by atoms with van der Waals surface area (Å²) >= 11 is 0. The number of carbonyl (C=O) groups is 2. The van der Waals surface area contributed by atoms with Crippen molar-refractivity contribution in [1.82, 2.24) is 20.0 Å². The molecule has 3 rings (SSSR count). The van der Waals surface area contributed by atoms with E-state index in [0.717, 1.165) is 25.9 Å². The zero-order chi connectivity index (χ0) is 19.2. The highest BCUT2D eigenvalue weighted by molar-refractivity contribution is 7.59. The fourth-order valence-electron chi connectivity index (χ4n) is 3.82. The molecule has 0 saturated carbocycles. The number of rotatable bonds is 4. The molecular formula is C20H32N4O3S. The zero-order valence-corrected chi connectivity index (χ0v) is 17.6. The lowest BCUT2D eigenvalue weighted by atomic mass is 10.00. The highest BCUT2D eigenvalue weighted by Crippen LogP contribution is 2.18. The summed E-state index contributed by atoms with van der Waals surface area (Å²) in [7, 11) is 0. The Bertz CT molecular complexity index is 673. The van der Waals surface area contributed by atoms with Gasteiger partial charge in [-0.05, 0) is 24.0 Å². The van der Waals surface area contributed by atoms with Gasteiger partial charge >= 0.3 is 6.03 Å². The molecule has 2 N–H and O–H groups in total. The van der Waals surface area contributed by atoms with Crippen molar-refractivity contribution in [1.29, 1.82) is 0 Å². The summed E-state index contributed by atoms with van der Waals surface area (Å²) < 4.78 is 0. The second-order valence-corrected chi connectivity index (χ2v) is 7.44. The minimum atomic E-state index is -0.597. The van der Waals surface area contributed by atoms with Gasteiger partial charge in [-0.1, -0.05) is 24.3 Å². The van der Waals surface area contributed by atoms with Crippen LogP contribution in [0.2, 0.25) is 0 Å². The second-order valence-electron chi connectivity index (χ2n) is 7.44. The Labute approximate surface area is 174 Å². The van der Waals surface area contributed by atoms with E-state index in [1.807, 2.05) is 6.07 Å². The number of fused-ring (bicyclic) bond motifs is 1. The predicted molar refractivity (Wildman–Crippen MR) is 114 cm³/mol. The molecule has 0 bridgehead atoms. The normalized spacial score (nSPS) is 18.5. The summed E-state index contributed by atoms with van der Waals surface area (Å²) in [5.41, 5.74) is 2.71. The Morgan fingerprint density at radius 2 is 1.75 bits per heavy atom. The van der Waals surface area contributed by atoms with Crippen molar-refractivity contribution in [3.05, 3.63) is 35.4 Å². The fourth-order valence-corrected chi connectivity index (χ4v) is 3.82. The SMILES string of the molecule is CC(=O)N1CCCN(C(=O)NC[C@H](O)CN2CCc3ccccc3C2)CC1.S. The van der Waals surface area contributed by atoms with E-state index < -0.39 is 6.10 Å². The molecule has 2 heterocycles. The molecule has 1 saturated heterocycles. The molecule has 156 valence electrons. The Balaban J connectivity index is 0.00000280. The number of hydrogen-bond donors (Lipinski definition) is 2. The van der Waals surface area contributed by atoms with E-state index in [-0.39, 0.29) is 32.0 Å². The van der Waals surface area contributed by atoms with Crippen LogP contribution in [0.5, 0.6) is 0 Å². The minimum absolute atomic E-state index is 0. The third kappa shape index (κ3) is 6.12. The van der Waals surface area contributed by atoms with Gasteiger partial charge in [0.25, 0.3) is 0 Å². The first kappa shape index (κ1) is 22.5. The Kier molecular flexibility index (Phi) is 8.59. The quantitative estimate of drug-likeness (QED) is 0.772. The Morgan fingerprint density at radius 1 is 1.07 bits per heavy atom. The lowest BCUT2D eigenvalue weighted by molar-refractivity contribution is -0.128. The van der Waals surface area contributed by atoms with Crippen molar-refractivity contribution < 1.29 is 14.7 Å². The Hall–Kier alpha value is -1.77. The van der Waals surface area contributed by atoms with Crippen molar-refractivity contribution in [2.75, 3.05) is 45.8 Å². The molecule has 1 aromatic carbocycles. The number of nitrogens with zero attached hydrogens (tertiary/aromatic N) is 3. The van der Waals surface area contributed by atoms with Gasteiger partial charge in [-0.25, -0.2) is 4.79 Å². The molecule has 28 heavy (non-hydrogen) atoms. The van der Waals surface area contributed by atoms with Gasteiger partial charge in [0.15, 0.2) is 0 Å². The maximum Gasteiger partial charge on any atom is 0.317 e. The van der Waals surface area contributed by atoms with Crippen LogP contribution in [0.3, 0.4) is 0 Å². The molecule has 0 spiro atoms. The van der Waals surface area contributed by atoms with Gasteiger partial charge in [-0.2, -0.15) is 13.5 Å².